The van der Waals surface area contributed by atoms with Gasteiger partial charge >= 0.3 is 6.03 Å². The smallest absolute Gasteiger partial charge is 0.321 e. The molecule has 9 heteroatoms. The first-order valence-corrected chi connectivity index (χ1v) is 7.74. The van der Waals surface area contributed by atoms with Gasteiger partial charge < -0.3 is 10.1 Å². The summed E-state index contributed by atoms with van der Waals surface area (Å²) >= 11 is 1.33. The lowest BCUT2D eigenvalue weighted by Gasteiger charge is -2.12. The lowest BCUT2D eigenvalue weighted by atomic mass is 10.2. The minimum atomic E-state index is -0.348. The Bertz CT molecular complexity index is 591. The number of rotatable bonds is 7. The molecule has 0 aliphatic carbocycles. The Hall–Kier alpha value is -2.13. The van der Waals surface area contributed by atoms with Crippen molar-refractivity contribution < 1.29 is 9.53 Å². The molecule has 0 aliphatic heterocycles. The number of nitrogens with one attached hydrogen (secondary N) is 2. The Morgan fingerprint density at radius 1 is 1.45 bits per heavy atom. The maximum atomic E-state index is 11.9. The Balaban J connectivity index is 1.82. The van der Waals surface area contributed by atoms with Crippen molar-refractivity contribution in [1.82, 2.24) is 25.5 Å². The SMILES string of the molecule is CCOCCc1nnc(NC(=O)N[C@H](C)c2ccncn2)s1. The molecule has 0 fully saturated rings. The van der Waals surface area contributed by atoms with Crippen LogP contribution in [-0.2, 0) is 11.2 Å². The third-order valence-corrected chi connectivity index (χ3v) is 3.65. The van der Waals surface area contributed by atoms with Gasteiger partial charge in [-0.15, -0.1) is 10.2 Å². The van der Waals surface area contributed by atoms with E-state index in [1.807, 2.05) is 13.8 Å². The first-order chi connectivity index (χ1) is 10.7. The summed E-state index contributed by atoms with van der Waals surface area (Å²) in [6.45, 7) is 5.06. The highest BCUT2D eigenvalue weighted by molar-refractivity contribution is 7.15. The molecule has 22 heavy (non-hydrogen) atoms. The van der Waals surface area contributed by atoms with Crippen LogP contribution >= 0.6 is 11.3 Å². The number of carbonyl (C=O) groups excluding carboxylic acids is 1. The first kappa shape index (κ1) is 16.2. The zero-order chi connectivity index (χ0) is 15.8. The van der Waals surface area contributed by atoms with Crippen molar-refractivity contribution >= 4 is 22.5 Å². The number of hydrogen-bond donors (Lipinski definition) is 2. The molecule has 0 unspecified atom stereocenters. The topological polar surface area (TPSA) is 102 Å². The lowest BCUT2D eigenvalue weighted by Crippen LogP contribution is -2.31. The normalized spacial score (nSPS) is 11.9. The molecule has 0 spiro atoms. The van der Waals surface area contributed by atoms with Crippen LogP contribution in [0.15, 0.2) is 18.6 Å². The average Bonchev–Trinajstić information content (AvgIpc) is 2.95. The summed E-state index contributed by atoms with van der Waals surface area (Å²) in [5.41, 5.74) is 0.736. The van der Waals surface area contributed by atoms with Gasteiger partial charge in [0.25, 0.3) is 0 Å². The molecule has 118 valence electrons. The van der Waals surface area contributed by atoms with Gasteiger partial charge in [0.15, 0.2) is 0 Å². The van der Waals surface area contributed by atoms with E-state index < -0.39 is 0 Å². The molecule has 2 amide bonds. The number of aromatic nitrogens is 4. The summed E-state index contributed by atoms with van der Waals surface area (Å²) in [4.78, 5) is 19.8. The second-order valence-electron chi connectivity index (χ2n) is 4.40. The predicted molar refractivity (Wildman–Crippen MR) is 82.7 cm³/mol. The van der Waals surface area contributed by atoms with E-state index >= 15 is 0 Å². The molecule has 0 saturated heterocycles. The van der Waals surface area contributed by atoms with Crippen molar-refractivity contribution in [1.29, 1.82) is 0 Å². The van der Waals surface area contributed by atoms with Crippen molar-refractivity contribution in [3.63, 3.8) is 0 Å². The fourth-order valence-corrected chi connectivity index (χ4v) is 2.39. The van der Waals surface area contributed by atoms with Crippen LogP contribution in [-0.4, -0.2) is 39.4 Å². The van der Waals surface area contributed by atoms with Crippen LogP contribution in [0.2, 0.25) is 0 Å². The van der Waals surface area contributed by atoms with Crippen molar-refractivity contribution in [3.05, 3.63) is 29.3 Å². The first-order valence-electron chi connectivity index (χ1n) is 6.92. The van der Waals surface area contributed by atoms with Gasteiger partial charge in [0.05, 0.1) is 18.3 Å². The lowest BCUT2D eigenvalue weighted by molar-refractivity contribution is 0.150. The van der Waals surface area contributed by atoms with Crippen LogP contribution in [0.25, 0.3) is 0 Å². The van der Waals surface area contributed by atoms with E-state index in [2.05, 4.69) is 30.8 Å². The van der Waals surface area contributed by atoms with Crippen LogP contribution in [0, 0.1) is 0 Å². The molecule has 0 saturated carbocycles. The van der Waals surface area contributed by atoms with Crippen LogP contribution < -0.4 is 10.6 Å². The number of nitrogens with zero attached hydrogens (tertiary/aromatic N) is 4. The standard InChI is InChI=1S/C13H18N6O2S/c1-3-21-7-5-11-18-19-13(22-11)17-12(20)16-9(2)10-4-6-14-8-15-10/h4,6,8-9H,3,5,7H2,1-2H3,(H2,16,17,19,20)/t9-/m1/s1. The van der Waals surface area contributed by atoms with Gasteiger partial charge in [-0.05, 0) is 19.9 Å². The van der Waals surface area contributed by atoms with E-state index in [1.54, 1.807) is 12.3 Å². The van der Waals surface area contributed by atoms with Crippen LogP contribution in [0.1, 0.15) is 30.6 Å². The summed E-state index contributed by atoms with van der Waals surface area (Å²) in [7, 11) is 0. The van der Waals surface area contributed by atoms with Crippen molar-refractivity contribution in [2.75, 3.05) is 18.5 Å². The Kier molecular flexibility index (Phi) is 6.16. The van der Waals surface area contributed by atoms with Crippen molar-refractivity contribution in [2.24, 2.45) is 0 Å². The number of amides is 2. The zero-order valence-corrected chi connectivity index (χ0v) is 13.3. The Morgan fingerprint density at radius 2 is 2.32 bits per heavy atom. The number of urea groups is 1. The van der Waals surface area contributed by atoms with Crippen LogP contribution in [0.5, 0.6) is 0 Å². The molecule has 2 heterocycles. The monoisotopic (exact) mass is 322 g/mol. The van der Waals surface area contributed by atoms with Gasteiger partial charge in [-0.25, -0.2) is 14.8 Å². The van der Waals surface area contributed by atoms with Crippen molar-refractivity contribution in [2.45, 2.75) is 26.3 Å². The second-order valence-corrected chi connectivity index (χ2v) is 5.46. The molecule has 2 N–H and O–H groups in total. The van der Waals surface area contributed by atoms with Gasteiger partial charge in [0.1, 0.15) is 11.3 Å². The summed E-state index contributed by atoms with van der Waals surface area (Å²) < 4.78 is 5.26. The predicted octanol–water partition coefficient (Wildman–Crippen LogP) is 1.79. The molecular formula is C13H18N6O2S. The largest absolute Gasteiger partial charge is 0.381 e. The third-order valence-electron chi connectivity index (χ3n) is 2.75. The summed E-state index contributed by atoms with van der Waals surface area (Å²) in [5, 5.41) is 14.7. The highest BCUT2D eigenvalue weighted by atomic mass is 32.1. The number of hydrogen-bond acceptors (Lipinski definition) is 7. The fourth-order valence-electron chi connectivity index (χ4n) is 1.67. The molecule has 2 aromatic rings. The molecule has 0 aliphatic rings. The van der Waals surface area contributed by atoms with E-state index in [1.165, 1.54) is 17.7 Å². The van der Waals surface area contributed by atoms with E-state index in [9.17, 15) is 4.79 Å². The zero-order valence-electron chi connectivity index (χ0n) is 12.4. The molecule has 2 aromatic heterocycles. The molecule has 0 bridgehead atoms. The van der Waals surface area contributed by atoms with Gasteiger partial charge in [0, 0.05) is 19.2 Å². The quantitative estimate of drug-likeness (QED) is 0.754. The number of ether oxygens (including phenoxy) is 1. The molecule has 0 aromatic carbocycles. The minimum absolute atomic E-state index is 0.228. The highest BCUT2D eigenvalue weighted by Gasteiger charge is 2.12. The summed E-state index contributed by atoms with van der Waals surface area (Å²) in [6, 6.07) is 1.17. The maximum absolute atomic E-state index is 11.9. The van der Waals surface area contributed by atoms with Gasteiger partial charge in [-0.1, -0.05) is 11.3 Å². The minimum Gasteiger partial charge on any atom is -0.381 e. The van der Waals surface area contributed by atoms with Crippen LogP contribution in [0.3, 0.4) is 0 Å². The van der Waals surface area contributed by atoms with E-state index in [0.29, 0.717) is 24.8 Å². The summed E-state index contributed by atoms with van der Waals surface area (Å²) in [6.07, 6.45) is 3.76. The van der Waals surface area contributed by atoms with Gasteiger partial charge in [0.2, 0.25) is 5.13 Å². The van der Waals surface area contributed by atoms with E-state index in [4.69, 9.17) is 4.74 Å². The fraction of sp³-hybridized carbons (Fsp3) is 0.462. The van der Waals surface area contributed by atoms with E-state index in [0.717, 1.165) is 10.7 Å². The van der Waals surface area contributed by atoms with Crippen molar-refractivity contribution in [3.8, 4) is 0 Å². The molecule has 1 atom stereocenters. The van der Waals surface area contributed by atoms with Crippen LogP contribution in [0.4, 0.5) is 9.93 Å². The number of anilines is 1. The van der Waals surface area contributed by atoms with Gasteiger partial charge in [-0.2, -0.15) is 0 Å². The van der Waals surface area contributed by atoms with Gasteiger partial charge in [-0.3, -0.25) is 5.32 Å². The maximum Gasteiger partial charge on any atom is 0.321 e. The molecule has 0 radical (unpaired) electrons. The Labute approximate surface area is 132 Å². The Morgan fingerprint density at radius 3 is 3.05 bits per heavy atom. The molecular weight excluding hydrogens is 304 g/mol. The molecule has 8 nitrogen and oxygen atoms in total. The summed E-state index contributed by atoms with van der Waals surface area (Å²) in [5.74, 6) is 0. The average molecular weight is 322 g/mol. The number of carbonyl (C=O) groups is 1. The van der Waals surface area contributed by atoms with E-state index in [-0.39, 0.29) is 12.1 Å². The third kappa shape index (κ3) is 5.01. The molecule has 2 rings (SSSR count). The highest BCUT2D eigenvalue weighted by Crippen LogP contribution is 2.16. The second kappa shape index (κ2) is 8.35.